The molecule has 0 saturated carbocycles. The van der Waals surface area contributed by atoms with E-state index in [2.05, 4.69) is 15.9 Å². The van der Waals surface area contributed by atoms with Gasteiger partial charge in [0.25, 0.3) is 5.91 Å². The largest absolute Gasteiger partial charge is 0.337 e. The van der Waals surface area contributed by atoms with E-state index in [0.717, 1.165) is 28.6 Å². The average Bonchev–Trinajstić information content (AvgIpc) is 2.62. The van der Waals surface area contributed by atoms with Crippen LogP contribution in [0.5, 0.6) is 0 Å². The first-order chi connectivity index (χ1) is 7.56. The molecule has 1 aromatic rings. The van der Waals surface area contributed by atoms with E-state index in [-0.39, 0.29) is 24.4 Å². The molecule has 1 fully saturated rings. The molecule has 1 aliphatic rings. The van der Waals surface area contributed by atoms with Crippen molar-refractivity contribution in [2.75, 3.05) is 13.1 Å². The van der Waals surface area contributed by atoms with Crippen LogP contribution in [-0.2, 0) is 0 Å². The van der Waals surface area contributed by atoms with Crippen molar-refractivity contribution >= 4 is 34.2 Å². The fourth-order valence-electron chi connectivity index (χ4n) is 2.01. The molecule has 0 bridgehead atoms. The number of amides is 1. The molecule has 1 heterocycles. The van der Waals surface area contributed by atoms with Gasteiger partial charge in [-0.3, -0.25) is 4.79 Å². The second-order valence-corrected chi connectivity index (χ2v) is 5.23. The fourth-order valence-corrected chi connectivity index (χ4v) is 2.62. The maximum absolute atomic E-state index is 12.1. The van der Waals surface area contributed by atoms with Gasteiger partial charge in [-0.1, -0.05) is 15.9 Å². The first kappa shape index (κ1) is 14.5. The van der Waals surface area contributed by atoms with Gasteiger partial charge in [0, 0.05) is 29.2 Å². The summed E-state index contributed by atoms with van der Waals surface area (Å²) in [7, 11) is 0. The van der Waals surface area contributed by atoms with Crippen LogP contribution < -0.4 is 5.73 Å². The number of halogens is 2. The highest BCUT2D eigenvalue weighted by Gasteiger charge is 2.24. The summed E-state index contributed by atoms with van der Waals surface area (Å²) in [5.41, 5.74) is 7.62. The SMILES string of the molecule is Cc1cc(Br)cc(C(=O)N2CCC(N)C2)c1.Cl. The molecule has 94 valence electrons. The maximum Gasteiger partial charge on any atom is 0.253 e. The minimum Gasteiger partial charge on any atom is -0.337 e. The Kier molecular flexibility index (Phi) is 4.98. The molecule has 2 N–H and O–H groups in total. The van der Waals surface area contributed by atoms with Gasteiger partial charge in [0.15, 0.2) is 0 Å². The van der Waals surface area contributed by atoms with Gasteiger partial charge in [-0.05, 0) is 37.1 Å². The zero-order chi connectivity index (χ0) is 11.7. The summed E-state index contributed by atoms with van der Waals surface area (Å²) < 4.78 is 0.944. The molecule has 0 aromatic heterocycles. The van der Waals surface area contributed by atoms with E-state index in [1.165, 1.54) is 0 Å². The topological polar surface area (TPSA) is 46.3 Å². The summed E-state index contributed by atoms with van der Waals surface area (Å²) in [6.07, 6.45) is 0.902. The Bertz CT molecular complexity index is 405. The summed E-state index contributed by atoms with van der Waals surface area (Å²) in [6.45, 7) is 3.42. The Balaban J connectivity index is 0.00000144. The number of rotatable bonds is 1. The van der Waals surface area contributed by atoms with Crippen LogP contribution in [-0.4, -0.2) is 29.9 Å². The third-order valence-electron chi connectivity index (χ3n) is 2.80. The lowest BCUT2D eigenvalue weighted by Crippen LogP contribution is -2.31. The van der Waals surface area contributed by atoms with Crippen molar-refractivity contribution in [1.82, 2.24) is 4.90 Å². The van der Waals surface area contributed by atoms with E-state index >= 15 is 0 Å². The standard InChI is InChI=1S/C12H15BrN2O.ClH/c1-8-4-9(6-10(13)5-8)12(16)15-3-2-11(14)7-15;/h4-6,11H,2-3,7,14H2,1H3;1H. The van der Waals surface area contributed by atoms with Gasteiger partial charge in [0.05, 0.1) is 0 Å². The van der Waals surface area contributed by atoms with Crippen LogP contribution in [0.4, 0.5) is 0 Å². The molecule has 0 radical (unpaired) electrons. The number of aryl methyl sites for hydroxylation is 1. The monoisotopic (exact) mass is 318 g/mol. The third-order valence-corrected chi connectivity index (χ3v) is 3.26. The molecule has 1 aromatic carbocycles. The van der Waals surface area contributed by atoms with Gasteiger partial charge >= 0.3 is 0 Å². The number of carbonyl (C=O) groups is 1. The molecule has 3 nitrogen and oxygen atoms in total. The molecule has 17 heavy (non-hydrogen) atoms. The van der Waals surface area contributed by atoms with E-state index in [4.69, 9.17) is 5.73 Å². The van der Waals surface area contributed by atoms with Crippen LogP contribution in [0, 0.1) is 6.92 Å². The van der Waals surface area contributed by atoms with Crippen LogP contribution in [0.3, 0.4) is 0 Å². The van der Waals surface area contributed by atoms with Crippen LogP contribution >= 0.6 is 28.3 Å². The maximum atomic E-state index is 12.1. The summed E-state index contributed by atoms with van der Waals surface area (Å²) in [5.74, 6) is 0.0809. The second kappa shape index (κ2) is 5.85. The van der Waals surface area contributed by atoms with E-state index in [0.29, 0.717) is 6.54 Å². The van der Waals surface area contributed by atoms with Crippen molar-refractivity contribution in [2.24, 2.45) is 5.73 Å². The van der Waals surface area contributed by atoms with Gasteiger partial charge in [0.2, 0.25) is 0 Å². The Morgan fingerprint density at radius 3 is 2.71 bits per heavy atom. The number of carbonyl (C=O) groups excluding carboxylic acids is 1. The molecule has 2 rings (SSSR count). The predicted molar refractivity (Wildman–Crippen MR) is 74.6 cm³/mol. The molecular formula is C12H16BrClN2O. The van der Waals surface area contributed by atoms with Crippen molar-refractivity contribution < 1.29 is 4.79 Å². The van der Waals surface area contributed by atoms with Gasteiger partial charge in [-0.2, -0.15) is 0 Å². The number of nitrogens with two attached hydrogens (primary N) is 1. The van der Waals surface area contributed by atoms with Gasteiger partial charge in [-0.15, -0.1) is 12.4 Å². The first-order valence-corrected chi connectivity index (χ1v) is 6.17. The van der Waals surface area contributed by atoms with Crippen molar-refractivity contribution in [3.05, 3.63) is 33.8 Å². The molecule has 1 aliphatic heterocycles. The fraction of sp³-hybridized carbons (Fsp3) is 0.417. The lowest BCUT2D eigenvalue weighted by Gasteiger charge is -2.16. The lowest BCUT2D eigenvalue weighted by molar-refractivity contribution is 0.0790. The number of benzene rings is 1. The molecule has 1 atom stereocenters. The van der Waals surface area contributed by atoms with E-state index < -0.39 is 0 Å². The minimum absolute atomic E-state index is 0. The van der Waals surface area contributed by atoms with Gasteiger partial charge < -0.3 is 10.6 Å². The van der Waals surface area contributed by atoms with Crippen LogP contribution in [0.2, 0.25) is 0 Å². The highest BCUT2D eigenvalue weighted by Crippen LogP contribution is 2.18. The first-order valence-electron chi connectivity index (χ1n) is 5.38. The summed E-state index contributed by atoms with van der Waals surface area (Å²) >= 11 is 3.41. The summed E-state index contributed by atoms with van der Waals surface area (Å²) in [6, 6.07) is 5.90. The zero-order valence-electron chi connectivity index (χ0n) is 9.65. The smallest absolute Gasteiger partial charge is 0.253 e. The van der Waals surface area contributed by atoms with Gasteiger partial charge in [-0.25, -0.2) is 0 Å². The predicted octanol–water partition coefficient (Wildman–Crippen LogP) is 2.35. The Labute approximate surface area is 116 Å². The summed E-state index contributed by atoms with van der Waals surface area (Å²) in [4.78, 5) is 14.0. The van der Waals surface area contributed by atoms with Crippen molar-refractivity contribution in [1.29, 1.82) is 0 Å². The molecule has 1 unspecified atom stereocenters. The van der Waals surface area contributed by atoms with Crippen LogP contribution in [0.15, 0.2) is 22.7 Å². The molecule has 5 heteroatoms. The Morgan fingerprint density at radius 1 is 1.47 bits per heavy atom. The number of hydrogen-bond donors (Lipinski definition) is 1. The lowest BCUT2D eigenvalue weighted by atomic mass is 10.1. The number of likely N-dealkylation sites (tertiary alicyclic amines) is 1. The van der Waals surface area contributed by atoms with Gasteiger partial charge in [0.1, 0.15) is 0 Å². The average molecular weight is 320 g/mol. The highest BCUT2D eigenvalue weighted by molar-refractivity contribution is 9.10. The number of nitrogens with zero attached hydrogens (tertiary/aromatic N) is 1. The van der Waals surface area contributed by atoms with E-state index in [1.807, 2.05) is 30.0 Å². The highest BCUT2D eigenvalue weighted by atomic mass is 79.9. The number of hydrogen-bond acceptors (Lipinski definition) is 2. The van der Waals surface area contributed by atoms with Crippen LogP contribution in [0.25, 0.3) is 0 Å². The molecule has 1 saturated heterocycles. The minimum atomic E-state index is 0. The van der Waals surface area contributed by atoms with Crippen molar-refractivity contribution in [3.63, 3.8) is 0 Å². The Hall–Kier alpha value is -0.580. The molecule has 1 amide bonds. The normalized spacial score (nSPS) is 19.0. The van der Waals surface area contributed by atoms with Crippen molar-refractivity contribution in [3.8, 4) is 0 Å². The van der Waals surface area contributed by atoms with Crippen LogP contribution in [0.1, 0.15) is 22.3 Å². The third kappa shape index (κ3) is 3.44. The quantitative estimate of drug-likeness (QED) is 0.863. The van der Waals surface area contributed by atoms with E-state index in [1.54, 1.807) is 0 Å². The molecular weight excluding hydrogens is 304 g/mol. The van der Waals surface area contributed by atoms with E-state index in [9.17, 15) is 4.79 Å². The zero-order valence-corrected chi connectivity index (χ0v) is 12.1. The molecule has 0 spiro atoms. The Morgan fingerprint density at radius 2 is 2.18 bits per heavy atom. The second-order valence-electron chi connectivity index (χ2n) is 4.32. The summed E-state index contributed by atoms with van der Waals surface area (Å²) in [5, 5.41) is 0. The van der Waals surface area contributed by atoms with Crippen molar-refractivity contribution in [2.45, 2.75) is 19.4 Å². The molecule has 0 aliphatic carbocycles.